The van der Waals surface area contributed by atoms with E-state index in [1.54, 1.807) is 28.6 Å². The van der Waals surface area contributed by atoms with E-state index >= 15 is 0 Å². The van der Waals surface area contributed by atoms with E-state index in [1.807, 2.05) is 0 Å². The topological polar surface area (TPSA) is 166 Å². The van der Waals surface area contributed by atoms with Gasteiger partial charge in [0.1, 0.15) is 5.82 Å². The van der Waals surface area contributed by atoms with Gasteiger partial charge in [-0.1, -0.05) is 29.2 Å². The quantitative estimate of drug-likeness (QED) is 0.334. The van der Waals surface area contributed by atoms with E-state index in [9.17, 15) is 14.9 Å². The number of nitrogens with one attached hydrogen (secondary N) is 1. The molecule has 1 atom stereocenters. The zero-order valence-corrected chi connectivity index (χ0v) is 24.7. The van der Waals surface area contributed by atoms with Gasteiger partial charge in [-0.15, -0.1) is 21.5 Å². The number of carbonyl (C=O) groups excluding carboxylic acids is 2. The molecule has 0 saturated carbocycles. The van der Waals surface area contributed by atoms with Crippen molar-refractivity contribution in [3.05, 3.63) is 51.9 Å². The molecule has 2 aliphatic rings. The Kier molecular flexibility index (Phi) is 8.43. The van der Waals surface area contributed by atoms with Crippen LogP contribution in [0.1, 0.15) is 30.7 Å². The second kappa shape index (κ2) is 12.2. The molecule has 0 fully saturated rings. The lowest BCUT2D eigenvalue weighted by molar-refractivity contribution is -0.116. The van der Waals surface area contributed by atoms with Crippen molar-refractivity contribution in [2.45, 2.75) is 29.5 Å². The number of methoxy groups -OCH3 is 3. The Hall–Kier alpha value is -4.13. The largest absolute Gasteiger partial charge is 0.493 e. The van der Waals surface area contributed by atoms with Crippen LogP contribution in [0.3, 0.4) is 0 Å². The highest BCUT2D eigenvalue weighted by Crippen LogP contribution is 2.52. The van der Waals surface area contributed by atoms with Gasteiger partial charge in [0.05, 0.1) is 44.6 Å². The minimum absolute atomic E-state index is 0.0868. The average Bonchev–Trinajstić information content (AvgIpc) is 3.67. The first-order chi connectivity index (χ1) is 19.9. The van der Waals surface area contributed by atoms with Gasteiger partial charge in [-0.3, -0.25) is 14.5 Å². The lowest BCUT2D eigenvalue weighted by Crippen LogP contribution is -2.38. The van der Waals surface area contributed by atoms with Crippen LogP contribution in [0.25, 0.3) is 0 Å². The highest BCUT2D eigenvalue weighted by atomic mass is 32.2. The molecule has 1 unspecified atom stereocenters. The Morgan fingerprint density at radius 1 is 1.22 bits per heavy atom. The molecule has 12 nitrogen and oxygen atoms in total. The number of ketones is 1. The highest BCUT2D eigenvalue weighted by molar-refractivity contribution is 8.01. The Morgan fingerprint density at radius 3 is 2.71 bits per heavy atom. The summed E-state index contributed by atoms with van der Waals surface area (Å²) in [5, 5.41) is 24.3. The lowest BCUT2D eigenvalue weighted by atomic mass is 9.75. The van der Waals surface area contributed by atoms with Gasteiger partial charge in [0.25, 0.3) is 0 Å². The number of allylic oxidation sites excluding steroid dienone is 3. The molecule has 3 heterocycles. The maximum Gasteiger partial charge on any atom is 0.236 e. The van der Waals surface area contributed by atoms with Gasteiger partial charge in [0.15, 0.2) is 26.8 Å². The number of nitriles is 1. The smallest absolute Gasteiger partial charge is 0.236 e. The summed E-state index contributed by atoms with van der Waals surface area (Å²) < 4.78 is 17.2. The Labute approximate surface area is 247 Å². The Balaban J connectivity index is 1.52. The van der Waals surface area contributed by atoms with Crippen LogP contribution in [0.4, 0.5) is 10.3 Å². The van der Waals surface area contributed by atoms with Gasteiger partial charge in [0, 0.05) is 34.8 Å². The van der Waals surface area contributed by atoms with Crippen molar-refractivity contribution in [2.75, 3.05) is 37.3 Å². The number of nitrogens with zero attached hydrogens (tertiary/aromatic N) is 5. The van der Waals surface area contributed by atoms with E-state index < -0.39 is 5.92 Å². The fourth-order valence-electron chi connectivity index (χ4n) is 4.89. The zero-order valence-electron chi connectivity index (χ0n) is 22.3. The minimum atomic E-state index is -0.773. The highest BCUT2D eigenvalue weighted by Gasteiger charge is 2.43. The molecule has 3 N–H and O–H groups in total. The van der Waals surface area contributed by atoms with Crippen LogP contribution in [-0.4, -0.2) is 54.0 Å². The second-order valence-electron chi connectivity index (χ2n) is 8.76. The van der Waals surface area contributed by atoms with Crippen LogP contribution < -0.4 is 30.2 Å². The number of carbonyl (C=O) groups is 2. The number of anilines is 2. The van der Waals surface area contributed by atoms with Crippen LogP contribution in [0.15, 0.2) is 50.7 Å². The number of ether oxygens (including phenoxy) is 3. The SMILES string of the molecule is COc1ccc(C2C(C#N)=C(N)N(c3nnc(SCC(=O)Nc4nccs4)s3)C3=C2C(=O)CCC3)c(OC)c1OC. The fourth-order valence-corrected chi connectivity index (χ4v) is 7.11. The molecular weight excluding hydrogens is 587 g/mol. The van der Waals surface area contributed by atoms with Gasteiger partial charge >= 0.3 is 0 Å². The molecule has 212 valence electrons. The van der Waals surface area contributed by atoms with Gasteiger partial charge < -0.3 is 25.3 Å². The summed E-state index contributed by atoms with van der Waals surface area (Å²) in [7, 11) is 4.50. The van der Waals surface area contributed by atoms with Crippen molar-refractivity contribution < 1.29 is 23.8 Å². The molecule has 0 spiro atoms. The molecule has 0 saturated heterocycles. The molecular formula is C26H25N7O5S3. The van der Waals surface area contributed by atoms with E-state index in [1.165, 1.54) is 55.8 Å². The Morgan fingerprint density at radius 2 is 2.02 bits per heavy atom. The maximum atomic E-state index is 13.5. The van der Waals surface area contributed by atoms with Gasteiger partial charge in [-0.2, -0.15) is 5.26 Å². The van der Waals surface area contributed by atoms with Crippen LogP contribution in [-0.2, 0) is 9.59 Å². The normalized spacial score (nSPS) is 16.8. The van der Waals surface area contributed by atoms with Crippen molar-refractivity contribution in [3.8, 4) is 23.3 Å². The summed E-state index contributed by atoms with van der Waals surface area (Å²) in [6.07, 6.45) is 3.12. The van der Waals surface area contributed by atoms with Crippen molar-refractivity contribution in [2.24, 2.45) is 5.73 Å². The Bertz CT molecular complexity index is 1590. The second-order valence-corrected chi connectivity index (χ2v) is 11.8. The predicted octanol–water partition coefficient (Wildman–Crippen LogP) is 4.06. The van der Waals surface area contributed by atoms with Crippen LogP contribution in [0.2, 0.25) is 0 Å². The van der Waals surface area contributed by atoms with E-state index in [0.717, 1.165) is 0 Å². The number of hydrogen-bond acceptors (Lipinski definition) is 14. The molecule has 1 aromatic carbocycles. The molecule has 1 aliphatic carbocycles. The van der Waals surface area contributed by atoms with Gasteiger partial charge in [-0.05, 0) is 18.9 Å². The summed E-state index contributed by atoms with van der Waals surface area (Å²) in [4.78, 5) is 31.5. The minimum Gasteiger partial charge on any atom is -0.493 e. The number of benzene rings is 1. The number of aromatic nitrogens is 3. The van der Waals surface area contributed by atoms with Crippen molar-refractivity contribution in [3.63, 3.8) is 0 Å². The van der Waals surface area contributed by atoms with Crippen molar-refractivity contribution in [1.29, 1.82) is 5.26 Å². The summed E-state index contributed by atoms with van der Waals surface area (Å²) in [5.74, 6) is 0.321. The number of nitrogens with two attached hydrogens (primary N) is 1. The van der Waals surface area contributed by atoms with E-state index in [2.05, 4.69) is 26.6 Å². The first-order valence-corrected chi connectivity index (χ1v) is 15.0. The third-order valence-electron chi connectivity index (χ3n) is 6.55. The molecule has 1 amide bonds. The molecule has 2 aromatic heterocycles. The maximum absolute atomic E-state index is 13.5. The number of hydrogen-bond donors (Lipinski definition) is 2. The molecule has 15 heteroatoms. The summed E-state index contributed by atoms with van der Waals surface area (Å²) in [6, 6.07) is 5.70. The number of rotatable bonds is 9. The number of thiazole rings is 1. The molecule has 41 heavy (non-hydrogen) atoms. The monoisotopic (exact) mass is 611 g/mol. The number of Topliss-reactive ketones (excluding diaryl/α,β-unsaturated/α-hetero) is 1. The van der Waals surface area contributed by atoms with E-state index in [4.69, 9.17) is 19.9 Å². The fraction of sp³-hybridized carbons (Fsp3) is 0.308. The number of amides is 1. The van der Waals surface area contributed by atoms with Gasteiger partial charge in [0.2, 0.25) is 16.8 Å². The van der Waals surface area contributed by atoms with E-state index in [0.29, 0.717) is 67.9 Å². The first kappa shape index (κ1) is 28.4. The third-order valence-corrected chi connectivity index (χ3v) is 9.28. The van der Waals surface area contributed by atoms with Crippen LogP contribution >= 0.6 is 34.4 Å². The van der Waals surface area contributed by atoms with Gasteiger partial charge in [-0.25, -0.2) is 4.98 Å². The molecule has 1 aliphatic heterocycles. The zero-order chi connectivity index (χ0) is 29.1. The van der Waals surface area contributed by atoms with Crippen molar-refractivity contribution >= 4 is 56.4 Å². The first-order valence-electron chi connectivity index (χ1n) is 12.3. The average molecular weight is 612 g/mol. The lowest BCUT2D eigenvalue weighted by Gasteiger charge is -2.38. The third kappa shape index (κ3) is 5.33. The number of thioether (sulfide) groups is 1. The predicted molar refractivity (Wildman–Crippen MR) is 155 cm³/mol. The summed E-state index contributed by atoms with van der Waals surface area (Å²) in [5.41, 5.74) is 8.53. The van der Waals surface area contributed by atoms with Crippen LogP contribution in [0.5, 0.6) is 17.2 Å². The summed E-state index contributed by atoms with van der Waals surface area (Å²) in [6.45, 7) is 0. The summed E-state index contributed by atoms with van der Waals surface area (Å²) >= 11 is 3.77. The molecule has 0 bridgehead atoms. The molecule has 3 aromatic rings. The molecule has 0 radical (unpaired) electrons. The molecule has 5 rings (SSSR count). The standard InChI is InChI=1S/C26H25N7O5S3/c1-36-17-8-7-13(21(37-2)22(17)38-3)19-14(11-27)23(28)33(15-5-4-6-16(34)20(15)19)25-31-32-26(41-25)40-12-18(35)30-24-29-9-10-39-24/h7-10,19H,4-6,12,28H2,1-3H3,(H,29,30,35). The van der Waals surface area contributed by atoms with Crippen molar-refractivity contribution in [1.82, 2.24) is 15.2 Å². The van der Waals surface area contributed by atoms with Crippen LogP contribution in [0, 0.1) is 11.3 Å². The van der Waals surface area contributed by atoms with E-state index in [-0.39, 0.29) is 28.8 Å².